The molecule has 0 N–H and O–H groups in total. The number of nitrogens with zero attached hydrogens (tertiary/aromatic N) is 6. The van der Waals surface area contributed by atoms with Crippen molar-refractivity contribution in [1.29, 1.82) is 0 Å². The highest BCUT2D eigenvalue weighted by molar-refractivity contribution is 6.15. The van der Waals surface area contributed by atoms with Crippen LogP contribution in [0.3, 0.4) is 0 Å². The molecule has 6 heteroatoms. The molecule has 17 aromatic rings. The van der Waals surface area contributed by atoms with E-state index in [9.17, 15) is 0 Å². The van der Waals surface area contributed by atoms with Crippen molar-refractivity contribution in [3.8, 4) is 56.5 Å². The van der Waals surface area contributed by atoms with Gasteiger partial charge in [0.1, 0.15) is 5.82 Å². The van der Waals surface area contributed by atoms with Crippen molar-refractivity contribution in [2.24, 2.45) is 0 Å². The third-order valence-corrected chi connectivity index (χ3v) is 16.5. The lowest BCUT2D eigenvalue weighted by molar-refractivity contribution is 1.07. The number of hydrogen-bond donors (Lipinski definition) is 0. The second-order valence-electron chi connectivity index (χ2n) is 20.9. The standard InChI is InChI=1S/C74H46N6/c1-3-19-52(20-4-1)77-65-30-13-9-25-56(65)61-43-47(35-39-69(61)77)48-36-41-71-63(44-48)58-27-11-15-32-67(58)79(71)54-23-17-18-51(42-54)73-75-64-29-12-7-28-60(64)74(76-73)80-68-33-16-8-24-55(68)59-38-34-50(46-72(59)80)49-37-40-70-62(45-49)57-26-10-14-31-66(57)78(70)53-21-5-2-6-22-53/h1-46H. The molecule has 5 heterocycles. The van der Waals surface area contributed by atoms with Crippen LogP contribution in [-0.4, -0.2) is 28.2 Å². The predicted octanol–water partition coefficient (Wildman–Crippen LogP) is 19.0. The summed E-state index contributed by atoms with van der Waals surface area (Å²) in [6.07, 6.45) is 0. The molecule has 0 aliphatic carbocycles. The van der Waals surface area contributed by atoms with Crippen LogP contribution in [0.25, 0.3) is 155 Å². The van der Waals surface area contributed by atoms with Crippen LogP contribution in [-0.2, 0) is 0 Å². The summed E-state index contributed by atoms with van der Waals surface area (Å²) in [7, 11) is 0. The Balaban J connectivity index is 0.796. The molecule has 12 aromatic carbocycles. The van der Waals surface area contributed by atoms with Gasteiger partial charge in [-0.05, 0) is 138 Å². The van der Waals surface area contributed by atoms with Crippen LogP contribution < -0.4 is 0 Å². The van der Waals surface area contributed by atoms with Gasteiger partial charge in [-0.15, -0.1) is 0 Å². The number of benzene rings is 12. The number of aromatic nitrogens is 6. The maximum atomic E-state index is 5.61. The number of para-hydroxylation sites is 7. The largest absolute Gasteiger partial charge is 0.309 e. The SMILES string of the molecule is c1ccc(-n2c3ccccc3c3cc(-c4ccc5c(c4)c4ccccc4n5-c4cccc(-c5nc(-n6c7ccccc7c7ccc(-c8ccc9c(c8)c8ccccc8n9-c8ccccc8)cc76)c6ccccc6n5)c4)ccc32)cc1. The van der Waals surface area contributed by atoms with Gasteiger partial charge in [-0.2, -0.15) is 0 Å². The van der Waals surface area contributed by atoms with E-state index in [4.69, 9.17) is 9.97 Å². The molecule has 6 nitrogen and oxygen atoms in total. The van der Waals surface area contributed by atoms with Crippen molar-refractivity contribution in [2.45, 2.75) is 0 Å². The third-order valence-electron chi connectivity index (χ3n) is 16.5. The van der Waals surface area contributed by atoms with Gasteiger partial charge in [-0.3, -0.25) is 4.57 Å². The summed E-state index contributed by atoms with van der Waals surface area (Å²) in [5.74, 6) is 1.50. The fourth-order valence-electron chi connectivity index (χ4n) is 13.0. The van der Waals surface area contributed by atoms with Crippen LogP contribution in [0.4, 0.5) is 0 Å². The molecule has 0 aliphatic heterocycles. The summed E-state index contributed by atoms with van der Waals surface area (Å²) >= 11 is 0. The second-order valence-corrected chi connectivity index (χ2v) is 20.9. The molecule has 0 spiro atoms. The van der Waals surface area contributed by atoms with Gasteiger partial charge in [-0.1, -0.05) is 164 Å². The Labute approximate surface area is 459 Å². The van der Waals surface area contributed by atoms with Crippen LogP contribution in [0.2, 0.25) is 0 Å². The molecule has 0 saturated carbocycles. The minimum absolute atomic E-state index is 0.662. The van der Waals surface area contributed by atoms with E-state index < -0.39 is 0 Å². The molecule has 0 amide bonds. The Hall–Kier alpha value is -10.8. The summed E-state index contributed by atoms with van der Waals surface area (Å²) < 4.78 is 9.49. The average molecular weight is 1020 g/mol. The van der Waals surface area contributed by atoms with Gasteiger partial charge in [0.25, 0.3) is 0 Å². The van der Waals surface area contributed by atoms with E-state index >= 15 is 0 Å². The van der Waals surface area contributed by atoms with Gasteiger partial charge in [0.2, 0.25) is 0 Å². The Morgan fingerprint density at radius 1 is 0.200 bits per heavy atom. The molecule has 372 valence electrons. The van der Waals surface area contributed by atoms with Crippen molar-refractivity contribution >= 4 is 98.1 Å². The summed E-state index contributed by atoms with van der Waals surface area (Å²) in [5.41, 5.74) is 19.0. The molecule has 0 aliphatic rings. The van der Waals surface area contributed by atoms with Gasteiger partial charge >= 0.3 is 0 Å². The molecule has 5 aromatic heterocycles. The molecule has 0 radical (unpaired) electrons. The van der Waals surface area contributed by atoms with Gasteiger partial charge in [0, 0.05) is 71.1 Å². The Kier molecular flexibility index (Phi) is 9.61. The molecular weight excluding hydrogens is 973 g/mol. The van der Waals surface area contributed by atoms with Crippen molar-refractivity contribution < 1.29 is 0 Å². The quantitative estimate of drug-likeness (QED) is 0.160. The van der Waals surface area contributed by atoms with Crippen molar-refractivity contribution in [3.05, 3.63) is 279 Å². The summed E-state index contributed by atoms with van der Waals surface area (Å²) in [6.45, 7) is 0. The van der Waals surface area contributed by atoms with E-state index in [1.807, 2.05) is 0 Å². The van der Waals surface area contributed by atoms with E-state index in [2.05, 4.69) is 297 Å². The highest BCUT2D eigenvalue weighted by atomic mass is 15.1. The zero-order valence-electron chi connectivity index (χ0n) is 43.2. The lowest BCUT2D eigenvalue weighted by atomic mass is 10.0. The van der Waals surface area contributed by atoms with E-state index in [1.165, 1.54) is 76.3 Å². The van der Waals surface area contributed by atoms with E-state index in [0.29, 0.717) is 5.82 Å². The van der Waals surface area contributed by atoms with Gasteiger partial charge in [-0.25, -0.2) is 9.97 Å². The van der Waals surface area contributed by atoms with E-state index in [-0.39, 0.29) is 0 Å². The third kappa shape index (κ3) is 6.66. The number of hydrogen-bond acceptors (Lipinski definition) is 2. The molecule has 0 unspecified atom stereocenters. The first kappa shape index (κ1) is 44.3. The predicted molar refractivity (Wildman–Crippen MR) is 333 cm³/mol. The van der Waals surface area contributed by atoms with E-state index in [1.54, 1.807) is 0 Å². The fourth-order valence-corrected chi connectivity index (χ4v) is 13.0. The number of fused-ring (bicyclic) bond motifs is 13. The van der Waals surface area contributed by atoms with Crippen molar-refractivity contribution in [3.63, 3.8) is 0 Å². The molecule has 0 fully saturated rings. The summed E-state index contributed by atoms with van der Waals surface area (Å²) in [4.78, 5) is 10.9. The van der Waals surface area contributed by atoms with Crippen LogP contribution in [0.1, 0.15) is 0 Å². The van der Waals surface area contributed by atoms with E-state index in [0.717, 1.165) is 72.5 Å². The minimum Gasteiger partial charge on any atom is -0.309 e. The topological polar surface area (TPSA) is 45.5 Å². The molecule has 0 atom stereocenters. The average Bonchev–Trinajstić information content (AvgIpc) is 4.46. The van der Waals surface area contributed by atoms with Crippen LogP contribution in [0, 0.1) is 0 Å². The first-order chi connectivity index (χ1) is 39.7. The first-order valence-corrected chi connectivity index (χ1v) is 27.3. The maximum absolute atomic E-state index is 5.61. The van der Waals surface area contributed by atoms with Crippen molar-refractivity contribution in [2.75, 3.05) is 0 Å². The van der Waals surface area contributed by atoms with Crippen molar-refractivity contribution in [1.82, 2.24) is 28.2 Å². The monoisotopic (exact) mass is 1020 g/mol. The fraction of sp³-hybridized carbons (Fsp3) is 0. The molecule has 0 saturated heterocycles. The Bertz CT molecular complexity index is 5370. The number of rotatable bonds is 7. The second kappa shape index (κ2) is 17.3. The lowest BCUT2D eigenvalue weighted by Crippen LogP contribution is -2.03. The molecular formula is C74H46N6. The molecule has 17 rings (SSSR count). The van der Waals surface area contributed by atoms with Gasteiger partial charge in [0.05, 0.1) is 49.7 Å². The Morgan fingerprint density at radius 3 is 1.10 bits per heavy atom. The van der Waals surface area contributed by atoms with Gasteiger partial charge < -0.3 is 13.7 Å². The zero-order valence-corrected chi connectivity index (χ0v) is 43.2. The molecule has 80 heavy (non-hydrogen) atoms. The molecule has 0 bridgehead atoms. The van der Waals surface area contributed by atoms with Crippen LogP contribution >= 0.6 is 0 Å². The van der Waals surface area contributed by atoms with Crippen LogP contribution in [0.5, 0.6) is 0 Å². The summed E-state index contributed by atoms with van der Waals surface area (Å²) in [6, 6.07) is 101. The Morgan fingerprint density at radius 2 is 0.575 bits per heavy atom. The lowest BCUT2D eigenvalue weighted by Gasteiger charge is -2.14. The maximum Gasteiger partial charge on any atom is 0.162 e. The minimum atomic E-state index is 0.662. The van der Waals surface area contributed by atoms with Crippen LogP contribution in [0.15, 0.2) is 279 Å². The van der Waals surface area contributed by atoms with Gasteiger partial charge in [0.15, 0.2) is 5.82 Å². The first-order valence-electron chi connectivity index (χ1n) is 27.3. The highest BCUT2D eigenvalue weighted by Crippen LogP contribution is 2.42. The smallest absolute Gasteiger partial charge is 0.162 e. The normalized spacial score (nSPS) is 12.0. The summed E-state index contributed by atoms with van der Waals surface area (Å²) in [5, 5.41) is 10.7. The highest BCUT2D eigenvalue weighted by Gasteiger charge is 2.22. The zero-order chi connectivity index (χ0) is 52.4.